The number of thiazole rings is 1. The number of aryl methyl sites for hydroxylation is 3. The van der Waals surface area contributed by atoms with E-state index < -0.39 is 4.92 Å². The van der Waals surface area contributed by atoms with Crippen LogP contribution in [0.1, 0.15) is 16.8 Å². The van der Waals surface area contributed by atoms with Crippen molar-refractivity contribution in [3.63, 3.8) is 0 Å². The zero-order chi connectivity index (χ0) is 18.3. The number of rotatable bonds is 3. The van der Waals surface area contributed by atoms with Gasteiger partial charge in [0.2, 0.25) is 0 Å². The number of nitro groups is 1. The zero-order valence-electron chi connectivity index (χ0n) is 14.2. The van der Waals surface area contributed by atoms with Crippen LogP contribution in [0.25, 0.3) is 21.8 Å². The third kappa shape index (κ3) is 2.96. The fourth-order valence-corrected chi connectivity index (χ4v) is 3.51. The average Bonchev–Trinajstić information content (AvgIpc) is 3.03. The molecule has 0 amide bonds. The Morgan fingerprint density at radius 2 is 1.96 bits per heavy atom. The van der Waals surface area contributed by atoms with Crippen molar-refractivity contribution in [3.8, 4) is 21.8 Å². The molecule has 0 atom stereocenters. The molecule has 25 heavy (non-hydrogen) atoms. The highest BCUT2D eigenvalue weighted by Gasteiger charge is 2.18. The SMILES string of the molecule is Cc1ccc(-c2csc(-c3c(C)c(C)nn(C)c3=O)n2)cc1[N+](=O)[O-]. The van der Waals surface area contributed by atoms with E-state index in [0.29, 0.717) is 27.4 Å². The van der Waals surface area contributed by atoms with Crippen LogP contribution in [0, 0.1) is 30.9 Å². The van der Waals surface area contributed by atoms with Gasteiger partial charge in [-0.15, -0.1) is 11.3 Å². The standard InChI is InChI=1S/C17H16N4O3S/c1-9-5-6-12(7-14(9)21(23)24)13-8-25-16(18-13)15-10(2)11(3)19-20(4)17(15)22/h5-8H,1-4H3. The molecule has 7 nitrogen and oxygen atoms in total. The molecular formula is C17H16N4O3S. The Morgan fingerprint density at radius 1 is 1.24 bits per heavy atom. The molecule has 0 aliphatic carbocycles. The van der Waals surface area contributed by atoms with Gasteiger partial charge in [-0.3, -0.25) is 14.9 Å². The Kier molecular flexibility index (Phi) is 4.22. The molecule has 2 heterocycles. The largest absolute Gasteiger partial charge is 0.277 e. The summed E-state index contributed by atoms with van der Waals surface area (Å²) in [6, 6.07) is 5.01. The van der Waals surface area contributed by atoms with Gasteiger partial charge in [0.1, 0.15) is 5.01 Å². The fourth-order valence-electron chi connectivity index (χ4n) is 2.59. The first-order valence-electron chi connectivity index (χ1n) is 7.55. The summed E-state index contributed by atoms with van der Waals surface area (Å²) >= 11 is 1.34. The van der Waals surface area contributed by atoms with Crippen LogP contribution < -0.4 is 5.56 Å². The smallest absolute Gasteiger partial charge is 0.267 e. The Labute approximate surface area is 147 Å². The molecule has 0 aliphatic heterocycles. The van der Waals surface area contributed by atoms with Crippen molar-refractivity contribution in [2.45, 2.75) is 20.8 Å². The highest BCUT2D eigenvalue weighted by molar-refractivity contribution is 7.13. The van der Waals surface area contributed by atoms with Crippen molar-refractivity contribution in [1.29, 1.82) is 0 Å². The van der Waals surface area contributed by atoms with Crippen LogP contribution in [0.2, 0.25) is 0 Å². The van der Waals surface area contributed by atoms with E-state index >= 15 is 0 Å². The van der Waals surface area contributed by atoms with Crippen LogP contribution >= 0.6 is 11.3 Å². The van der Waals surface area contributed by atoms with Crippen LogP contribution in [-0.2, 0) is 7.05 Å². The highest BCUT2D eigenvalue weighted by Crippen LogP contribution is 2.31. The molecule has 8 heteroatoms. The second-order valence-electron chi connectivity index (χ2n) is 5.81. The molecule has 0 saturated carbocycles. The van der Waals surface area contributed by atoms with E-state index in [9.17, 15) is 14.9 Å². The second kappa shape index (κ2) is 6.21. The molecule has 0 spiro atoms. The summed E-state index contributed by atoms with van der Waals surface area (Å²) in [5.41, 5.74) is 3.78. The van der Waals surface area contributed by atoms with E-state index in [1.54, 1.807) is 31.5 Å². The predicted octanol–water partition coefficient (Wildman–Crippen LogP) is 3.40. The van der Waals surface area contributed by atoms with Gasteiger partial charge < -0.3 is 0 Å². The van der Waals surface area contributed by atoms with Gasteiger partial charge in [0.15, 0.2) is 0 Å². The summed E-state index contributed by atoms with van der Waals surface area (Å²) in [6.45, 7) is 5.38. The van der Waals surface area contributed by atoms with Gasteiger partial charge in [-0.05, 0) is 26.3 Å². The Bertz CT molecular complexity index is 1050. The minimum absolute atomic E-state index is 0.0545. The lowest BCUT2D eigenvalue weighted by Gasteiger charge is -2.07. The molecule has 0 bridgehead atoms. The lowest BCUT2D eigenvalue weighted by molar-refractivity contribution is -0.385. The maximum Gasteiger partial charge on any atom is 0.277 e. The summed E-state index contributed by atoms with van der Waals surface area (Å²) in [4.78, 5) is 27.7. The Hall–Kier alpha value is -2.87. The van der Waals surface area contributed by atoms with Crippen LogP contribution in [0.3, 0.4) is 0 Å². The van der Waals surface area contributed by atoms with Crippen LogP contribution in [0.15, 0.2) is 28.4 Å². The number of aromatic nitrogens is 3. The van der Waals surface area contributed by atoms with Crippen molar-refractivity contribution >= 4 is 17.0 Å². The number of nitro benzene ring substituents is 1. The zero-order valence-corrected chi connectivity index (χ0v) is 15.0. The van der Waals surface area contributed by atoms with Gasteiger partial charge in [0.25, 0.3) is 11.2 Å². The van der Waals surface area contributed by atoms with E-state index in [4.69, 9.17) is 0 Å². The first-order chi connectivity index (χ1) is 11.8. The third-order valence-corrected chi connectivity index (χ3v) is 5.00. The normalized spacial score (nSPS) is 10.9. The summed E-state index contributed by atoms with van der Waals surface area (Å²) in [7, 11) is 1.61. The summed E-state index contributed by atoms with van der Waals surface area (Å²) < 4.78 is 1.30. The number of hydrogen-bond donors (Lipinski definition) is 0. The second-order valence-corrected chi connectivity index (χ2v) is 6.67. The maximum atomic E-state index is 12.5. The van der Waals surface area contributed by atoms with E-state index in [2.05, 4.69) is 10.1 Å². The Balaban J connectivity index is 2.13. The van der Waals surface area contributed by atoms with Crippen LogP contribution in [0.5, 0.6) is 0 Å². The van der Waals surface area contributed by atoms with Gasteiger partial charge in [-0.1, -0.05) is 12.1 Å². The van der Waals surface area contributed by atoms with Crippen molar-refractivity contribution in [2.75, 3.05) is 0 Å². The molecule has 3 aromatic rings. The molecule has 0 aliphatic rings. The highest BCUT2D eigenvalue weighted by atomic mass is 32.1. The summed E-state index contributed by atoms with van der Waals surface area (Å²) in [5, 5.41) is 17.7. The van der Waals surface area contributed by atoms with Gasteiger partial charge in [0, 0.05) is 29.6 Å². The fraction of sp³-hybridized carbons (Fsp3) is 0.235. The third-order valence-electron chi connectivity index (χ3n) is 4.15. The molecule has 0 saturated heterocycles. The minimum atomic E-state index is -0.405. The molecule has 0 unspecified atom stereocenters. The average molecular weight is 356 g/mol. The topological polar surface area (TPSA) is 90.9 Å². The molecule has 2 aromatic heterocycles. The maximum absolute atomic E-state index is 12.5. The van der Waals surface area contributed by atoms with Crippen molar-refractivity contribution in [3.05, 3.63) is 60.9 Å². The van der Waals surface area contributed by atoms with E-state index in [-0.39, 0.29) is 11.2 Å². The van der Waals surface area contributed by atoms with E-state index in [1.165, 1.54) is 22.1 Å². The van der Waals surface area contributed by atoms with Crippen LogP contribution in [-0.4, -0.2) is 19.7 Å². The van der Waals surface area contributed by atoms with E-state index in [1.807, 2.05) is 13.8 Å². The lowest BCUT2D eigenvalue weighted by atomic mass is 10.1. The number of nitrogens with zero attached hydrogens (tertiary/aromatic N) is 4. The molecule has 0 N–H and O–H groups in total. The molecule has 128 valence electrons. The van der Waals surface area contributed by atoms with Crippen molar-refractivity contribution < 1.29 is 4.92 Å². The van der Waals surface area contributed by atoms with Gasteiger partial charge in [-0.25, -0.2) is 9.67 Å². The van der Waals surface area contributed by atoms with Gasteiger partial charge in [0.05, 0.1) is 21.9 Å². The summed E-state index contributed by atoms with van der Waals surface area (Å²) in [6.07, 6.45) is 0. The quantitative estimate of drug-likeness (QED) is 0.530. The number of benzene rings is 1. The van der Waals surface area contributed by atoms with Crippen molar-refractivity contribution in [2.24, 2.45) is 7.05 Å². The first kappa shape index (κ1) is 17.0. The van der Waals surface area contributed by atoms with Gasteiger partial charge >= 0.3 is 0 Å². The predicted molar refractivity (Wildman–Crippen MR) is 96.9 cm³/mol. The van der Waals surface area contributed by atoms with Crippen molar-refractivity contribution in [1.82, 2.24) is 14.8 Å². The Morgan fingerprint density at radius 3 is 2.64 bits per heavy atom. The minimum Gasteiger partial charge on any atom is -0.267 e. The molecular weight excluding hydrogens is 340 g/mol. The lowest BCUT2D eigenvalue weighted by Crippen LogP contribution is -2.23. The monoisotopic (exact) mass is 356 g/mol. The summed E-state index contributed by atoms with van der Waals surface area (Å²) in [5.74, 6) is 0. The van der Waals surface area contributed by atoms with E-state index in [0.717, 1.165) is 11.3 Å². The molecule has 0 radical (unpaired) electrons. The number of hydrogen-bond acceptors (Lipinski definition) is 6. The molecule has 3 rings (SSSR count). The molecule has 0 fully saturated rings. The van der Waals surface area contributed by atoms with Crippen LogP contribution in [0.4, 0.5) is 5.69 Å². The molecule has 1 aromatic carbocycles. The van der Waals surface area contributed by atoms with Gasteiger partial charge in [-0.2, -0.15) is 5.10 Å². The first-order valence-corrected chi connectivity index (χ1v) is 8.43.